The van der Waals surface area contributed by atoms with Crippen molar-refractivity contribution < 1.29 is 19.2 Å². The third kappa shape index (κ3) is 3.23. The Bertz CT molecular complexity index is 693. The van der Waals surface area contributed by atoms with E-state index in [1.54, 1.807) is 5.38 Å². The number of amides is 1. The zero-order valence-electron chi connectivity index (χ0n) is 10.9. The molecule has 0 spiro atoms. The molecule has 1 N–H and O–H groups in total. The molecule has 1 heterocycles. The van der Waals surface area contributed by atoms with Crippen LogP contribution in [0.4, 0.5) is 11.4 Å². The number of benzene rings is 1. The number of thiophene rings is 1. The van der Waals surface area contributed by atoms with Crippen molar-refractivity contribution in [1.82, 2.24) is 0 Å². The number of hydrogen-bond donors (Lipinski definition) is 1. The molecule has 0 radical (unpaired) electrons. The van der Waals surface area contributed by atoms with Crippen molar-refractivity contribution >= 4 is 34.6 Å². The van der Waals surface area contributed by atoms with E-state index in [0.29, 0.717) is 5.69 Å². The lowest BCUT2D eigenvalue weighted by Gasteiger charge is -2.05. The van der Waals surface area contributed by atoms with E-state index in [-0.39, 0.29) is 16.1 Å². The van der Waals surface area contributed by atoms with Gasteiger partial charge in [0.15, 0.2) is 0 Å². The summed E-state index contributed by atoms with van der Waals surface area (Å²) in [6.07, 6.45) is 0. The number of non-ortho nitro benzene ring substituents is 1. The quantitative estimate of drug-likeness (QED) is 0.532. The summed E-state index contributed by atoms with van der Waals surface area (Å²) in [6, 6.07) is 6.91. The molecule has 0 aliphatic carbocycles. The smallest absolute Gasteiger partial charge is 0.348 e. The Kier molecular flexibility index (Phi) is 4.29. The Hall–Kier alpha value is -2.74. The SMILES string of the molecule is COC(=O)c1sccc1C(=O)Nc1ccc([N+](=O)[O-])cc1. The van der Waals surface area contributed by atoms with E-state index in [1.807, 2.05) is 0 Å². The van der Waals surface area contributed by atoms with Gasteiger partial charge in [0.05, 0.1) is 17.6 Å². The number of carbonyl (C=O) groups is 2. The summed E-state index contributed by atoms with van der Waals surface area (Å²) in [5.74, 6) is -1.07. The first kappa shape index (κ1) is 14.7. The molecule has 0 aliphatic heterocycles. The zero-order chi connectivity index (χ0) is 15.4. The second-order valence-electron chi connectivity index (χ2n) is 3.91. The highest BCUT2D eigenvalue weighted by molar-refractivity contribution is 7.12. The fourth-order valence-electron chi connectivity index (χ4n) is 1.60. The van der Waals surface area contributed by atoms with Crippen molar-refractivity contribution in [1.29, 1.82) is 0 Å². The van der Waals surface area contributed by atoms with Gasteiger partial charge in [0, 0.05) is 17.8 Å². The van der Waals surface area contributed by atoms with Gasteiger partial charge in [-0.3, -0.25) is 14.9 Å². The van der Waals surface area contributed by atoms with Crippen LogP contribution in [0.25, 0.3) is 0 Å². The fraction of sp³-hybridized carbons (Fsp3) is 0.0769. The molecule has 8 heteroatoms. The minimum Gasteiger partial charge on any atom is -0.465 e. The predicted molar refractivity (Wildman–Crippen MR) is 76.7 cm³/mol. The Morgan fingerprint density at radius 2 is 1.90 bits per heavy atom. The molecule has 2 rings (SSSR count). The predicted octanol–water partition coefficient (Wildman–Crippen LogP) is 2.70. The maximum atomic E-state index is 12.1. The third-order valence-corrected chi connectivity index (χ3v) is 3.51. The van der Waals surface area contributed by atoms with Gasteiger partial charge in [-0.05, 0) is 23.6 Å². The standard InChI is InChI=1S/C13H10N2O5S/c1-20-13(17)11-10(6-7-21-11)12(16)14-8-2-4-9(5-3-8)15(18)19/h2-7H,1H3,(H,14,16). The summed E-state index contributed by atoms with van der Waals surface area (Å²) in [7, 11) is 1.24. The van der Waals surface area contributed by atoms with Gasteiger partial charge >= 0.3 is 5.97 Å². The van der Waals surface area contributed by atoms with Crippen molar-refractivity contribution in [2.45, 2.75) is 0 Å². The number of nitro groups is 1. The summed E-state index contributed by atoms with van der Waals surface area (Å²) >= 11 is 1.10. The first-order chi connectivity index (χ1) is 10.0. The highest BCUT2D eigenvalue weighted by Gasteiger charge is 2.19. The minimum atomic E-state index is -0.584. The molecular formula is C13H10N2O5S. The highest BCUT2D eigenvalue weighted by atomic mass is 32.1. The van der Waals surface area contributed by atoms with E-state index < -0.39 is 16.8 Å². The van der Waals surface area contributed by atoms with E-state index in [1.165, 1.54) is 37.4 Å². The second kappa shape index (κ2) is 6.14. The van der Waals surface area contributed by atoms with Crippen molar-refractivity contribution in [2.75, 3.05) is 12.4 Å². The van der Waals surface area contributed by atoms with E-state index in [4.69, 9.17) is 0 Å². The van der Waals surface area contributed by atoms with Crippen molar-refractivity contribution in [3.63, 3.8) is 0 Å². The number of hydrogen-bond acceptors (Lipinski definition) is 6. The molecule has 7 nitrogen and oxygen atoms in total. The number of nitrogens with one attached hydrogen (secondary N) is 1. The molecule has 2 aromatic rings. The number of methoxy groups -OCH3 is 1. The second-order valence-corrected chi connectivity index (χ2v) is 4.83. The normalized spacial score (nSPS) is 9.95. The number of nitrogens with zero attached hydrogens (tertiary/aromatic N) is 1. The highest BCUT2D eigenvalue weighted by Crippen LogP contribution is 2.20. The first-order valence-corrected chi connectivity index (χ1v) is 6.62. The molecule has 0 saturated carbocycles. The van der Waals surface area contributed by atoms with E-state index in [9.17, 15) is 19.7 Å². The third-order valence-electron chi connectivity index (χ3n) is 2.62. The summed E-state index contributed by atoms with van der Waals surface area (Å²) in [4.78, 5) is 33.8. The van der Waals surface area contributed by atoms with Crippen LogP contribution in [-0.4, -0.2) is 23.9 Å². The molecule has 0 atom stereocenters. The Morgan fingerprint density at radius 3 is 2.48 bits per heavy atom. The monoisotopic (exact) mass is 306 g/mol. The maximum Gasteiger partial charge on any atom is 0.348 e. The minimum absolute atomic E-state index is 0.0706. The fourth-order valence-corrected chi connectivity index (χ4v) is 2.41. The topological polar surface area (TPSA) is 98.5 Å². The van der Waals surface area contributed by atoms with Crippen LogP contribution in [0.2, 0.25) is 0 Å². The summed E-state index contributed by atoms with van der Waals surface area (Å²) < 4.78 is 4.59. The van der Waals surface area contributed by atoms with Gasteiger partial charge in [0.1, 0.15) is 4.88 Å². The molecular weight excluding hydrogens is 296 g/mol. The Balaban J connectivity index is 2.16. The van der Waals surface area contributed by atoms with Crippen LogP contribution in [-0.2, 0) is 4.74 Å². The molecule has 0 aliphatic rings. The van der Waals surface area contributed by atoms with E-state index >= 15 is 0 Å². The summed E-state index contributed by atoms with van der Waals surface area (Å²) in [5.41, 5.74) is 0.525. The zero-order valence-corrected chi connectivity index (χ0v) is 11.7. The molecule has 108 valence electrons. The molecule has 1 amide bonds. The lowest BCUT2D eigenvalue weighted by molar-refractivity contribution is -0.384. The number of carbonyl (C=O) groups excluding carboxylic acids is 2. The van der Waals surface area contributed by atoms with Crippen LogP contribution < -0.4 is 5.32 Å². The van der Waals surface area contributed by atoms with Crippen LogP contribution in [0.5, 0.6) is 0 Å². The van der Waals surface area contributed by atoms with Gasteiger partial charge in [-0.2, -0.15) is 0 Å². The van der Waals surface area contributed by atoms with E-state index in [2.05, 4.69) is 10.1 Å². The van der Waals surface area contributed by atoms with Gasteiger partial charge in [-0.1, -0.05) is 0 Å². The summed E-state index contributed by atoms with van der Waals surface area (Å²) in [6.45, 7) is 0. The summed E-state index contributed by atoms with van der Waals surface area (Å²) in [5, 5.41) is 14.7. The largest absolute Gasteiger partial charge is 0.465 e. The Morgan fingerprint density at radius 1 is 1.24 bits per heavy atom. The van der Waals surface area contributed by atoms with Gasteiger partial charge in [-0.25, -0.2) is 4.79 Å². The lowest BCUT2D eigenvalue weighted by atomic mass is 10.2. The lowest BCUT2D eigenvalue weighted by Crippen LogP contribution is -2.15. The van der Waals surface area contributed by atoms with Crippen molar-refractivity contribution in [2.24, 2.45) is 0 Å². The average Bonchev–Trinajstić information content (AvgIpc) is 2.96. The van der Waals surface area contributed by atoms with Crippen molar-refractivity contribution in [3.8, 4) is 0 Å². The maximum absolute atomic E-state index is 12.1. The van der Waals surface area contributed by atoms with Crippen LogP contribution in [0.1, 0.15) is 20.0 Å². The van der Waals surface area contributed by atoms with Crippen LogP contribution in [0.3, 0.4) is 0 Å². The van der Waals surface area contributed by atoms with Gasteiger partial charge in [0.2, 0.25) is 0 Å². The van der Waals surface area contributed by atoms with Crippen LogP contribution in [0, 0.1) is 10.1 Å². The van der Waals surface area contributed by atoms with Crippen LogP contribution in [0.15, 0.2) is 35.7 Å². The average molecular weight is 306 g/mol. The molecule has 1 aromatic carbocycles. The number of esters is 1. The molecule has 0 unspecified atom stereocenters. The van der Waals surface area contributed by atoms with Gasteiger partial charge in [-0.15, -0.1) is 11.3 Å². The molecule has 0 fully saturated rings. The van der Waals surface area contributed by atoms with Gasteiger partial charge in [0.25, 0.3) is 11.6 Å². The molecule has 0 bridgehead atoms. The number of anilines is 1. The van der Waals surface area contributed by atoms with Crippen molar-refractivity contribution in [3.05, 3.63) is 56.3 Å². The molecule has 1 aromatic heterocycles. The Labute approximate surface area is 123 Å². The number of rotatable bonds is 4. The molecule has 21 heavy (non-hydrogen) atoms. The van der Waals surface area contributed by atoms with Gasteiger partial charge < -0.3 is 10.1 Å². The number of ether oxygens (including phenoxy) is 1. The molecule has 0 saturated heterocycles. The first-order valence-electron chi connectivity index (χ1n) is 5.74. The van der Waals surface area contributed by atoms with Crippen LogP contribution >= 0.6 is 11.3 Å². The number of nitro benzene ring substituents is 1. The van der Waals surface area contributed by atoms with E-state index in [0.717, 1.165) is 11.3 Å².